The van der Waals surface area contributed by atoms with Gasteiger partial charge in [0.2, 0.25) is 0 Å². The first-order valence-electron chi connectivity index (χ1n) is 9.04. The van der Waals surface area contributed by atoms with Crippen LogP contribution in [0.25, 0.3) is 0 Å². The van der Waals surface area contributed by atoms with Crippen LogP contribution < -0.4 is 10.6 Å². The fourth-order valence-corrected chi connectivity index (χ4v) is 2.71. The number of benzene rings is 1. The topological polar surface area (TPSA) is 75.7 Å². The van der Waals surface area contributed by atoms with E-state index < -0.39 is 17.8 Å². The van der Waals surface area contributed by atoms with Crippen LogP contribution in [0.3, 0.4) is 0 Å². The maximum Gasteiger partial charge on any atom is 0.416 e. The highest BCUT2D eigenvalue weighted by atomic mass is 19.4. The van der Waals surface area contributed by atoms with E-state index in [2.05, 4.69) is 20.5 Å². The Morgan fingerprint density at radius 2 is 1.97 bits per heavy atom. The number of hydrogen-bond acceptors (Lipinski definition) is 6. The molecule has 0 atom stereocenters. The second kappa shape index (κ2) is 9.57. The SMILES string of the molecule is O=C(Nc1ccc(Nc2cccc(C(F)(F)F)c2)nc1)OCCN1CCOCC1. The molecule has 1 fully saturated rings. The Morgan fingerprint density at radius 3 is 2.66 bits per heavy atom. The van der Waals surface area contributed by atoms with Gasteiger partial charge in [-0.25, -0.2) is 9.78 Å². The van der Waals surface area contributed by atoms with Crippen molar-refractivity contribution in [3.05, 3.63) is 48.2 Å². The molecule has 1 aliphatic heterocycles. The van der Waals surface area contributed by atoms with Gasteiger partial charge < -0.3 is 14.8 Å². The van der Waals surface area contributed by atoms with Crippen molar-refractivity contribution in [3.8, 4) is 0 Å². The summed E-state index contributed by atoms with van der Waals surface area (Å²) in [4.78, 5) is 18.1. The highest BCUT2D eigenvalue weighted by molar-refractivity contribution is 5.84. The largest absolute Gasteiger partial charge is 0.448 e. The Hall–Kier alpha value is -2.85. The van der Waals surface area contributed by atoms with Crippen molar-refractivity contribution in [1.82, 2.24) is 9.88 Å². The summed E-state index contributed by atoms with van der Waals surface area (Å²) in [5, 5.41) is 5.35. The average molecular weight is 410 g/mol. The van der Waals surface area contributed by atoms with Gasteiger partial charge in [0.25, 0.3) is 0 Å². The molecule has 10 heteroatoms. The molecule has 7 nitrogen and oxygen atoms in total. The number of nitrogens with one attached hydrogen (secondary N) is 2. The van der Waals surface area contributed by atoms with Gasteiger partial charge in [0.1, 0.15) is 12.4 Å². The van der Waals surface area contributed by atoms with Crippen LogP contribution in [0.4, 0.5) is 35.2 Å². The maximum absolute atomic E-state index is 12.8. The molecule has 29 heavy (non-hydrogen) atoms. The summed E-state index contributed by atoms with van der Waals surface area (Å²) in [6, 6.07) is 7.94. The van der Waals surface area contributed by atoms with E-state index in [9.17, 15) is 18.0 Å². The number of nitrogens with zero attached hydrogens (tertiary/aromatic N) is 2. The molecule has 3 rings (SSSR count). The van der Waals surface area contributed by atoms with Gasteiger partial charge in [0.15, 0.2) is 0 Å². The molecule has 2 N–H and O–H groups in total. The van der Waals surface area contributed by atoms with E-state index in [4.69, 9.17) is 9.47 Å². The minimum Gasteiger partial charge on any atom is -0.448 e. The van der Waals surface area contributed by atoms with Crippen molar-refractivity contribution >= 4 is 23.3 Å². The summed E-state index contributed by atoms with van der Waals surface area (Å²) in [6.07, 6.45) is -3.63. The van der Waals surface area contributed by atoms with Crippen LogP contribution in [0.15, 0.2) is 42.6 Å². The number of hydrogen-bond donors (Lipinski definition) is 2. The second-order valence-corrected chi connectivity index (χ2v) is 6.35. The fourth-order valence-electron chi connectivity index (χ4n) is 2.71. The van der Waals surface area contributed by atoms with E-state index in [1.165, 1.54) is 18.3 Å². The van der Waals surface area contributed by atoms with Crippen molar-refractivity contribution in [2.45, 2.75) is 6.18 Å². The maximum atomic E-state index is 12.8. The third-order valence-electron chi connectivity index (χ3n) is 4.22. The molecule has 0 unspecified atom stereocenters. The molecule has 0 aliphatic carbocycles. The molecule has 2 heterocycles. The number of pyridine rings is 1. The quantitative estimate of drug-likeness (QED) is 0.756. The lowest BCUT2D eigenvalue weighted by Gasteiger charge is -2.26. The molecule has 1 saturated heterocycles. The Kier molecular flexibility index (Phi) is 6.89. The first kappa shape index (κ1) is 20.9. The third-order valence-corrected chi connectivity index (χ3v) is 4.22. The number of carbonyl (C=O) groups is 1. The Labute approximate surface area is 165 Å². The molecule has 1 aliphatic rings. The van der Waals surface area contributed by atoms with Crippen LogP contribution in [-0.4, -0.2) is 55.4 Å². The van der Waals surface area contributed by atoms with Gasteiger partial charge in [-0.15, -0.1) is 0 Å². The number of ether oxygens (including phenoxy) is 2. The van der Waals surface area contributed by atoms with E-state index in [0.717, 1.165) is 25.2 Å². The zero-order valence-electron chi connectivity index (χ0n) is 15.5. The molecule has 0 radical (unpaired) electrons. The minimum absolute atomic E-state index is 0.258. The lowest BCUT2D eigenvalue weighted by molar-refractivity contribution is -0.137. The molecule has 156 valence electrons. The average Bonchev–Trinajstić information content (AvgIpc) is 2.70. The van der Waals surface area contributed by atoms with Crippen molar-refractivity contribution in [2.24, 2.45) is 0 Å². The second-order valence-electron chi connectivity index (χ2n) is 6.35. The number of anilines is 3. The van der Waals surface area contributed by atoms with Gasteiger partial charge in [0, 0.05) is 25.3 Å². The first-order chi connectivity index (χ1) is 13.9. The van der Waals surface area contributed by atoms with Crippen molar-refractivity contribution in [1.29, 1.82) is 0 Å². The molecule has 0 bridgehead atoms. The number of carbonyl (C=O) groups excluding carboxylic acids is 1. The normalized spacial score (nSPS) is 15.0. The number of aromatic nitrogens is 1. The van der Waals surface area contributed by atoms with Crippen LogP contribution in [0, 0.1) is 0 Å². The number of amides is 1. The van der Waals surface area contributed by atoms with Gasteiger partial charge in [-0.2, -0.15) is 13.2 Å². The van der Waals surface area contributed by atoms with E-state index >= 15 is 0 Å². The standard InChI is InChI=1S/C19H21F3N4O3/c20-19(21,22)14-2-1-3-15(12-14)24-17-5-4-16(13-23-17)25-18(27)29-11-8-26-6-9-28-10-7-26/h1-5,12-13H,6-11H2,(H,23,24)(H,25,27). The number of halogens is 3. The third kappa shape index (κ3) is 6.61. The molecule has 0 saturated carbocycles. The summed E-state index contributed by atoms with van der Waals surface area (Å²) >= 11 is 0. The summed E-state index contributed by atoms with van der Waals surface area (Å²) in [5.41, 5.74) is -0.0767. The molecule has 1 amide bonds. The minimum atomic E-state index is -4.42. The molecule has 1 aromatic carbocycles. The van der Waals surface area contributed by atoms with Crippen LogP contribution in [0.2, 0.25) is 0 Å². The Balaban J connectivity index is 1.46. The summed E-state index contributed by atoms with van der Waals surface area (Å²) in [5.74, 6) is 0.343. The Morgan fingerprint density at radius 1 is 1.17 bits per heavy atom. The van der Waals surface area contributed by atoms with Gasteiger partial charge in [-0.3, -0.25) is 10.2 Å². The number of rotatable bonds is 6. The van der Waals surface area contributed by atoms with Gasteiger partial charge >= 0.3 is 12.3 Å². The van der Waals surface area contributed by atoms with E-state index in [0.29, 0.717) is 31.3 Å². The molecular formula is C19H21F3N4O3. The van der Waals surface area contributed by atoms with Gasteiger partial charge in [-0.05, 0) is 30.3 Å². The van der Waals surface area contributed by atoms with Crippen LogP contribution >= 0.6 is 0 Å². The number of alkyl halides is 3. The fraction of sp³-hybridized carbons (Fsp3) is 0.368. The van der Waals surface area contributed by atoms with Crippen LogP contribution in [-0.2, 0) is 15.7 Å². The number of morpholine rings is 1. The molecule has 1 aromatic heterocycles. The van der Waals surface area contributed by atoms with Crippen molar-refractivity contribution < 1.29 is 27.4 Å². The van der Waals surface area contributed by atoms with Gasteiger partial charge in [-0.1, -0.05) is 6.07 Å². The summed E-state index contributed by atoms with van der Waals surface area (Å²) in [7, 11) is 0. The first-order valence-corrected chi connectivity index (χ1v) is 9.04. The van der Waals surface area contributed by atoms with Crippen molar-refractivity contribution in [3.63, 3.8) is 0 Å². The molecule has 2 aromatic rings. The lowest BCUT2D eigenvalue weighted by Crippen LogP contribution is -2.38. The predicted molar refractivity (Wildman–Crippen MR) is 101 cm³/mol. The van der Waals surface area contributed by atoms with E-state index in [1.54, 1.807) is 12.1 Å². The smallest absolute Gasteiger partial charge is 0.416 e. The lowest BCUT2D eigenvalue weighted by atomic mass is 10.2. The summed E-state index contributed by atoms with van der Waals surface area (Å²) in [6.45, 7) is 3.88. The molecular weight excluding hydrogens is 389 g/mol. The van der Waals surface area contributed by atoms with Crippen LogP contribution in [0.5, 0.6) is 0 Å². The summed E-state index contributed by atoms with van der Waals surface area (Å²) < 4.78 is 48.7. The highest BCUT2D eigenvalue weighted by Gasteiger charge is 2.30. The zero-order chi connectivity index (χ0) is 20.7. The Bertz CT molecular complexity index is 809. The predicted octanol–water partition coefficient (Wildman–Crippen LogP) is 3.72. The van der Waals surface area contributed by atoms with E-state index in [1.807, 2.05) is 0 Å². The molecule has 0 spiro atoms. The zero-order valence-corrected chi connectivity index (χ0v) is 15.5. The van der Waals surface area contributed by atoms with Crippen molar-refractivity contribution in [2.75, 3.05) is 50.1 Å². The van der Waals surface area contributed by atoms with Crippen LogP contribution in [0.1, 0.15) is 5.56 Å². The van der Waals surface area contributed by atoms with E-state index in [-0.39, 0.29) is 12.3 Å². The van der Waals surface area contributed by atoms with Gasteiger partial charge in [0.05, 0.1) is 30.7 Å². The monoisotopic (exact) mass is 410 g/mol. The highest BCUT2D eigenvalue weighted by Crippen LogP contribution is 2.31.